The van der Waals surface area contributed by atoms with Gasteiger partial charge in [0.15, 0.2) is 4.77 Å². The van der Waals surface area contributed by atoms with Gasteiger partial charge in [-0.3, -0.25) is 14.3 Å². The Morgan fingerprint density at radius 3 is 2.26 bits per heavy atom. The summed E-state index contributed by atoms with van der Waals surface area (Å²) >= 11 is 5.16. The topological polar surface area (TPSA) is 41.0 Å². The van der Waals surface area contributed by atoms with Crippen LogP contribution in [-0.4, -0.2) is 22.6 Å². The highest BCUT2D eigenvalue weighted by atomic mass is 32.1. The molecule has 0 saturated carbocycles. The number of benzene rings is 1. The van der Waals surface area contributed by atoms with E-state index in [4.69, 9.17) is 12.2 Å². The van der Waals surface area contributed by atoms with Crippen LogP contribution in [-0.2, 0) is 0 Å². The first-order chi connectivity index (χ1) is 9.24. The minimum atomic E-state index is -0.171. The molecule has 1 aliphatic heterocycles. The standard InChI is InChI=1S/C14H15N3OS/c18-13-7-10-17(14(19)15-13)12-5-3-11(4-6-12)16-8-1-2-9-16/h3-7,10H,1-2,8-9H2,(H,15,18,19). The minimum absolute atomic E-state index is 0.171. The van der Waals surface area contributed by atoms with Crippen LogP contribution >= 0.6 is 12.2 Å². The molecule has 1 aromatic heterocycles. The van der Waals surface area contributed by atoms with E-state index in [1.807, 2.05) is 12.1 Å². The van der Waals surface area contributed by atoms with Crippen molar-refractivity contribution in [3.05, 3.63) is 51.7 Å². The van der Waals surface area contributed by atoms with Gasteiger partial charge in [0.05, 0.1) is 0 Å². The molecule has 0 bridgehead atoms. The zero-order chi connectivity index (χ0) is 13.2. The van der Waals surface area contributed by atoms with Crippen molar-refractivity contribution >= 4 is 17.9 Å². The molecular weight excluding hydrogens is 258 g/mol. The average Bonchev–Trinajstić information content (AvgIpc) is 2.93. The molecule has 5 heteroatoms. The molecule has 0 atom stereocenters. The van der Waals surface area contributed by atoms with Crippen molar-refractivity contribution in [2.24, 2.45) is 0 Å². The first-order valence-corrected chi connectivity index (χ1v) is 6.82. The number of nitrogens with zero attached hydrogens (tertiary/aromatic N) is 2. The Morgan fingerprint density at radius 2 is 1.63 bits per heavy atom. The first kappa shape index (κ1) is 12.2. The number of hydrogen-bond donors (Lipinski definition) is 1. The van der Waals surface area contributed by atoms with Gasteiger partial charge in [0.25, 0.3) is 5.56 Å². The summed E-state index contributed by atoms with van der Waals surface area (Å²) in [6.45, 7) is 2.27. The Labute approximate surface area is 116 Å². The van der Waals surface area contributed by atoms with Gasteiger partial charge in [-0.05, 0) is 49.3 Å². The van der Waals surface area contributed by atoms with Crippen LogP contribution in [0.25, 0.3) is 5.69 Å². The summed E-state index contributed by atoms with van der Waals surface area (Å²) in [7, 11) is 0. The molecule has 98 valence electrons. The zero-order valence-electron chi connectivity index (χ0n) is 10.5. The van der Waals surface area contributed by atoms with Crippen LogP contribution in [0.4, 0.5) is 5.69 Å². The Kier molecular flexibility index (Phi) is 3.21. The van der Waals surface area contributed by atoms with E-state index in [0.29, 0.717) is 4.77 Å². The van der Waals surface area contributed by atoms with Gasteiger partial charge in [-0.1, -0.05) is 0 Å². The van der Waals surface area contributed by atoms with Gasteiger partial charge < -0.3 is 4.90 Å². The summed E-state index contributed by atoms with van der Waals surface area (Å²) in [6.07, 6.45) is 4.24. The van der Waals surface area contributed by atoms with E-state index in [1.54, 1.807) is 10.8 Å². The molecule has 0 amide bonds. The summed E-state index contributed by atoms with van der Waals surface area (Å²) in [6, 6.07) is 9.74. The molecule has 19 heavy (non-hydrogen) atoms. The van der Waals surface area contributed by atoms with Crippen LogP contribution in [0.15, 0.2) is 41.3 Å². The third-order valence-corrected chi connectivity index (χ3v) is 3.72. The molecule has 0 radical (unpaired) electrons. The molecule has 0 aliphatic carbocycles. The second kappa shape index (κ2) is 5.01. The van der Waals surface area contributed by atoms with E-state index < -0.39 is 0 Å². The number of aromatic nitrogens is 2. The molecule has 3 rings (SSSR count). The van der Waals surface area contributed by atoms with E-state index in [2.05, 4.69) is 22.0 Å². The number of hydrogen-bond acceptors (Lipinski definition) is 3. The lowest BCUT2D eigenvalue weighted by Gasteiger charge is -2.18. The maximum absolute atomic E-state index is 11.2. The van der Waals surface area contributed by atoms with Crippen molar-refractivity contribution in [2.45, 2.75) is 12.8 Å². The predicted octanol–water partition coefficient (Wildman–Crippen LogP) is 2.50. The summed E-state index contributed by atoms with van der Waals surface area (Å²) in [4.78, 5) is 16.2. The van der Waals surface area contributed by atoms with Crippen LogP contribution in [0, 0.1) is 4.77 Å². The van der Waals surface area contributed by atoms with Crippen LogP contribution < -0.4 is 10.5 Å². The number of H-pyrrole nitrogens is 1. The fourth-order valence-electron chi connectivity index (χ4n) is 2.42. The maximum Gasteiger partial charge on any atom is 0.251 e. The first-order valence-electron chi connectivity index (χ1n) is 6.41. The van der Waals surface area contributed by atoms with Crippen molar-refractivity contribution in [1.82, 2.24) is 9.55 Å². The minimum Gasteiger partial charge on any atom is -0.372 e. The van der Waals surface area contributed by atoms with Crippen molar-refractivity contribution < 1.29 is 0 Å². The normalized spacial score (nSPS) is 14.8. The van der Waals surface area contributed by atoms with Gasteiger partial charge in [0.1, 0.15) is 0 Å². The molecule has 4 nitrogen and oxygen atoms in total. The highest BCUT2D eigenvalue weighted by molar-refractivity contribution is 7.71. The van der Waals surface area contributed by atoms with Gasteiger partial charge in [0.2, 0.25) is 0 Å². The highest BCUT2D eigenvalue weighted by Gasteiger charge is 2.11. The lowest BCUT2D eigenvalue weighted by molar-refractivity contribution is 0.932. The molecule has 1 N–H and O–H groups in total. The molecule has 1 saturated heterocycles. The fourth-order valence-corrected chi connectivity index (χ4v) is 2.69. The van der Waals surface area contributed by atoms with Gasteiger partial charge in [0, 0.05) is 36.7 Å². The molecule has 2 heterocycles. The van der Waals surface area contributed by atoms with E-state index in [-0.39, 0.29) is 5.56 Å². The number of rotatable bonds is 2. The Bertz CT molecular complexity index is 681. The summed E-state index contributed by atoms with van der Waals surface area (Å²) in [5, 5.41) is 0. The number of anilines is 1. The van der Waals surface area contributed by atoms with Crippen molar-refractivity contribution in [2.75, 3.05) is 18.0 Å². The molecule has 1 aromatic carbocycles. The van der Waals surface area contributed by atoms with Crippen LogP contribution in [0.3, 0.4) is 0 Å². The average molecular weight is 273 g/mol. The highest BCUT2D eigenvalue weighted by Crippen LogP contribution is 2.21. The Morgan fingerprint density at radius 1 is 1.00 bits per heavy atom. The van der Waals surface area contributed by atoms with E-state index >= 15 is 0 Å². The third kappa shape index (κ3) is 2.46. The molecule has 0 spiro atoms. The lowest BCUT2D eigenvalue weighted by atomic mass is 10.2. The quantitative estimate of drug-likeness (QED) is 0.855. The van der Waals surface area contributed by atoms with E-state index in [0.717, 1.165) is 18.8 Å². The molecule has 2 aromatic rings. The number of aromatic amines is 1. The maximum atomic E-state index is 11.2. The van der Waals surface area contributed by atoms with E-state index in [9.17, 15) is 4.79 Å². The molecule has 0 unspecified atom stereocenters. The molecule has 1 fully saturated rings. The van der Waals surface area contributed by atoms with Crippen LogP contribution in [0.5, 0.6) is 0 Å². The van der Waals surface area contributed by atoms with Crippen molar-refractivity contribution in [3.8, 4) is 5.69 Å². The fraction of sp³-hybridized carbons (Fsp3) is 0.286. The van der Waals surface area contributed by atoms with Gasteiger partial charge in [-0.25, -0.2) is 0 Å². The summed E-state index contributed by atoms with van der Waals surface area (Å²) in [5.41, 5.74) is 2.04. The van der Waals surface area contributed by atoms with Crippen molar-refractivity contribution in [1.29, 1.82) is 0 Å². The molecular formula is C14H15N3OS. The SMILES string of the molecule is O=c1ccn(-c2ccc(N3CCCC3)cc2)c(=S)[nH]1. The monoisotopic (exact) mass is 273 g/mol. The van der Waals surface area contributed by atoms with E-state index in [1.165, 1.54) is 24.6 Å². The molecule has 1 aliphatic rings. The summed E-state index contributed by atoms with van der Waals surface area (Å²) in [5.74, 6) is 0. The Balaban J connectivity index is 1.93. The third-order valence-electron chi connectivity index (χ3n) is 3.42. The van der Waals surface area contributed by atoms with Crippen LogP contribution in [0.2, 0.25) is 0 Å². The van der Waals surface area contributed by atoms with Crippen molar-refractivity contribution in [3.63, 3.8) is 0 Å². The predicted molar refractivity (Wildman–Crippen MR) is 78.7 cm³/mol. The van der Waals surface area contributed by atoms with Gasteiger partial charge in [-0.15, -0.1) is 0 Å². The summed E-state index contributed by atoms with van der Waals surface area (Å²) < 4.78 is 2.21. The smallest absolute Gasteiger partial charge is 0.251 e. The number of nitrogens with one attached hydrogen (secondary N) is 1. The van der Waals surface area contributed by atoms with Gasteiger partial charge >= 0.3 is 0 Å². The lowest BCUT2D eigenvalue weighted by Crippen LogP contribution is -2.17. The zero-order valence-corrected chi connectivity index (χ0v) is 11.3. The largest absolute Gasteiger partial charge is 0.372 e. The van der Waals surface area contributed by atoms with Crippen LogP contribution in [0.1, 0.15) is 12.8 Å². The second-order valence-corrected chi connectivity index (χ2v) is 5.08. The van der Waals surface area contributed by atoms with Gasteiger partial charge in [-0.2, -0.15) is 0 Å². The second-order valence-electron chi connectivity index (χ2n) is 4.69. The Hall–Kier alpha value is -1.88.